The first-order chi connectivity index (χ1) is 7.70. The number of benzene rings is 1. The van der Waals surface area contributed by atoms with E-state index < -0.39 is 0 Å². The van der Waals surface area contributed by atoms with Crippen LogP contribution in [0.5, 0.6) is 5.75 Å². The van der Waals surface area contributed by atoms with Crippen molar-refractivity contribution in [2.75, 3.05) is 7.11 Å². The predicted octanol–water partition coefficient (Wildman–Crippen LogP) is 1.94. The number of rotatable bonds is 3. The van der Waals surface area contributed by atoms with E-state index >= 15 is 0 Å². The molecule has 0 bridgehead atoms. The van der Waals surface area contributed by atoms with Gasteiger partial charge >= 0.3 is 0 Å². The van der Waals surface area contributed by atoms with Crippen molar-refractivity contribution in [2.45, 2.75) is 6.54 Å². The van der Waals surface area contributed by atoms with E-state index in [0.717, 1.165) is 20.8 Å². The summed E-state index contributed by atoms with van der Waals surface area (Å²) in [6, 6.07) is 9.34. The molecule has 5 heteroatoms. The second-order valence-electron chi connectivity index (χ2n) is 3.35. The Kier molecular flexibility index (Phi) is 3.14. The van der Waals surface area contributed by atoms with Gasteiger partial charge in [0, 0.05) is 6.07 Å². The molecule has 0 saturated carbocycles. The van der Waals surface area contributed by atoms with Gasteiger partial charge in [0.25, 0.3) is 0 Å². The molecule has 0 amide bonds. The Labute approximate surface area is 102 Å². The molecule has 0 aliphatic heterocycles. The van der Waals surface area contributed by atoms with Crippen molar-refractivity contribution >= 4 is 15.9 Å². The summed E-state index contributed by atoms with van der Waals surface area (Å²) >= 11 is 3.32. The van der Waals surface area contributed by atoms with E-state index in [0.29, 0.717) is 6.54 Å². The molecule has 2 rings (SSSR count). The van der Waals surface area contributed by atoms with Crippen LogP contribution in [0.25, 0.3) is 0 Å². The van der Waals surface area contributed by atoms with Crippen LogP contribution in [-0.4, -0.2) is 11.8 Å². The Hall–Kier alpha value is -1.49. The van der Waals surface area contributed by atoms with Crippen molar-refractivity contribution < 1.29 is 9.58 Å². The Bertz CT molecular complexity index is 460. The van der Waals surface area contributed by atoms with E-state index in [1.807, 2.05) is 24.3 Å². The predicted molar refractivity (Wildman–Crippen MR) is 63.2 cm³/mol. The first-order valence-electron chi connectivity index (χ1n) is 4.78. The summed E-state index contributed by atoms with van der Waals surface area (Å²) in [6.07, 6.45) is 1.47. The molecule has 1 heterocycles. The smallest absolute Gasteiger partial charge is 0.210 e. The van der Waals surface area contributed by atoms with Crippen molar-refractivity contribution in [3.05, 3.63) is 51.9 Å². The van der Waals surface area contributed by atoms with E-state index in [2.05, 4.69) is 15.9 Å². The van der Waals surface area contributed by atoms with Gasteiger partial charge in [0.05, 0.1) is 7.11 Å². The topological polar surface area (TPSA) is 41.1 Å². The summed E-state index contributed by atoms with van der Waals surface area (Å²) in [4.78, 5) is 0.800. The molecule has 84 valence electrons. The van der Waals surface area contributed by atoms with Crippen molar-refractivity contribution in [1.29, 1.82) is 0 Å². The van der Waals surface area contributed by atoms with Gasteiger partial charge in [-0.05, 0) is 33.6 Å². The van der Waals surface area contributed by atoms with Crippen molar-refractivity contribution in [2.24, 2.45) is 0 Å². The number of hydrogen-bond donors (Lipinski definition) is 0. The lowest BCUT2D eigenvalue weighted by molar-refractivity contribution is -0.694. The molecule has 4 nitrogen and oxygen atoms in total. The van der Waals surface area contributed by atoms with Gasteiger partial charge < -0.3 is 9.94 Å². The number of halogens is 1. The number of aromatic nitrogens is 2. The normalized spacial score (nSPS) is 10.4. The van der Waals surface area contributed by atoms with Gasteiger partial charge in [-0.2, -0.15) is 0 Å². The van der Waals surface area contributed by atoms with Crippen LogP contribution in [0.15, 0.2) is 41.1 Å². The average Bonchev–Trinajstić information content (AvgIpc) is 2.62. The van der Waals surface area contributed by atoms with Gasteiger partial charge in [-0.15, -0.1) is 4.68 Å². The number of ether oxygens (including phenoxy) is 1. The van der Waals surface area contributed by atoms with Gasteiger partial charge in [-0.25, -0.2) is 0 Å². The van der Waals surface area contributed by atoms with E-state index in [4.69, 9.17) is 4.74 Å². The fourth-order valence-corrected chi connectivity index (χ4v) is 1.83. The van der Waals surface area contributed by atoms with Crippen molar-refractivity contribution in [3.8, 4) is 5.75 Å². The van der Waals surface area contributed by atoms with Crippen molar-refractivity contribution in [1.82, 2.24) is 4.68 Å². The quantitative estimate of drug-likeness (QED) is 0.638. The number of methoxy groups -OCH3 is 1. The van der Waals surface area contributed by atoms with E-state index in [9.17, 15) is 5.21 Å². The maximum absolute atomic E-state index is 11.4. The highest BCUT2D eigenvalue weighted by Gasteiger charge is 2.08. The average molecular weight is 283 g/mol. The molecule has 0 N–H and O–H groups in total. The molecule has 0 atom stereocenters. The van der Waals surface area contributed by atoms with Crippen molar-refractivity contribution in [3.63, 3.8) is 0 Å². The fraction of sp³-hybridized carbons (Fsp3) is 0.182. The first kappa shape index (κ1) is 11.0. The molecule has 0 aliphatic carbocycles. The molecule has 0 spiro atoms. The highest BCUT2D eigenvalue weighted by molar-refractivity contribution is 9.10. The van der Waals surface area contributed by atoms with E-state index in [-0.39, 0.29) is 0 Å². The Balaban J connectivity index is 2.20. The fourth-order valence-electron chi connectivity index (χ4n) is 1.44. The minimum Gasteiger partial charge on any atom is -0.596 e. The van der Waals surface area contributed by atoms with Crippen LogP contribution in [0.1, 0.15) is 5.56 Å². The largest absolute Gasteiger partial charge is 0.596 e. The Morgan fingerprint density at radius 1 is 1.31 bits per heavy atom. The molecular weight excluding hydrogens is 272 g/mol. The number of hydrogen-bond acceptors (Lipinski definition) is 2. The third-order valence-electron chi connectivity index (χ3n) is 2.32. The van der Waals surface area contributed by atoms with Crippen LogP contribution in [0.3, 0.4) is 0 Å². The standard InChI is InChI=1S/C11H11BrN2O2/c1-16-10-4-2-9(3-5-10)8-13-11(12)6-7-14(13)15/h2-7H,8H2,1H3. The lowest BCUT2D eigenvalue weighted by Crippen LogP contribution is -2.36. The zero-order chi connectivity index (χ0) is 11.5. The molecule has 0 radical (unpaired) electrons. The molecule has 1 aromatic carbocycles. The first-order valence-corrected chi connectivity index (χ1v) is 5.57. The van der Waals surface area contributed by atoms with Crippen LogP contribution < -0.4 is 9.58 Å². The maximum atomic E-state index is 11.4. The Morgan fingerprint density at radius 3 is 2.50 bits per heavy atom. The third-order valence-corrected chi connectivity index (χ3v) is 2.99. The number of nitrogens with zero attached hydrogens (tertiary/aromatic N) is 2. The minimum absolute atomic E-state index is 0.529. The molecule has 0 aliphatic rings. The van der Waals surface area contributed by atoms with Gasteiger partial charge in [0.1, 0.15) is 16.9 Å². The van der Waals surface area contributed by atoms with Gasteiger partial charge in [0.15, 0.2) is 0 Å². The van der Waals surface area contributed by atoms with Crippen LogP contribution in [0, 0.1) is 5.21 Å². The lowest BCUT2D eigenvalue weighted by Gasteiger charge is -2.05. The van der Waals surface area contributed by atoms with Crippen LogP contribution >= 0.6 is 15.9 Å². The Morgan fingerprint density at radius 2 is 2.00 bits per heavy atom. The molecule has 0 unspecified atom stereocenters. The molecule has 1 aromatic heterocycles. The van der Waals surface area contributed by atoms with Gasteiger partial charge in [-0.1, -0.05) is 17.0 Å². The lowest BCUT2D eigenvalue weighted by atomic mass is 10.2. The van der Waals surface area contributed by atoms with E-state index in [1.165, 1.54) is 6.20 Å². The highest BCUT2D eigenvalue weighted by atomic mass is 79.9. The minimum atomic E-state index is 0.529. The summed E-state index contributed by atoms with van der Waals surface area (Å²) in [7, 11) is 1.63. The van der Waals surface area contributed by atoms with Gasteiger partial charge in [-0.3, -0.25) is 0 Å². The summed E-state index contributed by atoms with van der Waals surface area (Å²) in [5.41, 5.74) is 1.04. The summed E-state index contributed by atoms with van der Waals surface area (Å²) in [5.74, 6) is 0.810. The molecular formula is C11H11BrN2O2. The second-order valence-corrected chi connectivity index (χ2v) is 4.16. The SMILES string of the molecule is COc1ccc(Cn2c(Br)cc[n+]2[O-])cc1. The van der Waals surface area contributed by atoms with Gasteiger partial charge in [0.2, 0.25) is 6.20 Å². The highest BCUT2D eigenvalue weighted by Crippen LogP contribution is 2.14. The zero-order valence-electron chi connectivity index (χ0n) is 8.76. The second kappa shape index (κ2) is 4.57. The third kappa shape index (κ3) is 2.19. The summed E-state index contributed by atoms with van der Waals surface area (Å²) in [5, 5.41) is 11.4. The molecule has 0 fully saturated rings. The molecule has 0 saturated heterocycles. The van der Waals surface area contributed by atoms with Crippen LogP contribution in [0.2, 0.25) is 0 Å². The molecule has 16 heavy (non-hydrogen) atoms. The summed E-state index contributed by atoms with van der Waals surface area (Å²) in [6.45, 7) is 0.529. The van der Waals surface area contributed by atoms with E-state index in [1.54, 1.807) is 17.9 Å². The summed E-state index contributed by atoms with van der Waals surface area (Å²) < 4.78 is 7.42. The van der Waals surface area contributed by atoms with Crippen LogP contribution in [0.4, 0.5) is 0 Å². The zero-order valence-corrected chi connectivity index (χ0v) is 10.3. The molecule has 2 aromatic rings. The van der Waals surface area contributed by atoms with Crippen LogP contribution in [-0.2, 0) is 6.54 Å². The monoisotopic (exact) mass is 282 g/mol. The maximum Gasteiger partial charge on any atom is 0.210 e.